The number of furan rings is 1. The summed E-state index contributed by atoms with van der Waals surface area (Å²) in [7, 11) is -1.75. The summed E-state index contributed by atoms with van der Waals surface area (Å²) in [5.74, 6) is 0.983. The van der Waals surface area contributed by atoms with Crippen LogP contribution in [0.25, 0.3) is 0 Å². The second kappa shape index (κ2) is 15.9. The van der Waals surface area contributed by atoms with E-state index in [1.54, 1.807) is 18.2 Å². The number of rotatable bonds is 10. The van der Waals surface area contributed by atoms with Gasteiger partial charge in [0.25, 0.3) is 0 Å². The predicted molar refractivity (Wildman–Crippen MR) is 264 cm³/mol. The van der Waals surface area contributed by atoms with Gasteiger partial charge in [-0.2, -0.15) is 0 Å². The largest absolute Gasteiger partial charge is 0.466 e. The van der Waals surface area contributed by atoms with E-state index in [0.717, 1.165) is 52.6 Å². The summed E-state index contributed by atoms with van der Waals surface area (Å²) >= 11 is 0. The summed E-state index contributed by atoms with van der Waals surface area (Å²) in [6, 6.07) is 24.5. The van der Waals surface area contributed by atoms with Crippen LogP contribution < -0.4 is 19.9 Å². The normalized spacial score (nSPS) is 16.9. The molecule has 6 aromatic carbocycles. The maximum Gasteiger partial charge on any atom is 0.115 e. The van der Waals surface area contributed by atoms with E-state index in [4.69, 9.17) is 18.1 Å². The number of fused-ring (bicyclic) bond motifs is 1. The molecule has 0 spiro atoms. The fraction of sp³-hybridized carbons (Fsp3) is 0.286. The lowest BCUT2D eigenvalue weighted by Crippen LogP contribution is -2.37. The average molecular weight is 832 g/mol. The van der Waals surface area contributed by atoms with Gasteiger partial charge < -0.3 is 19.1 Å². The fourth-order valence-electron chi connectivity index (χ4n) is 8.48. The van der Waals surface area contributed by atoms with Gasteiger partial charge in [0.05, 0.1) is 27.5 Å². The van der Waals surface area contributed by atoms with Crippen molar-refractivity contribution in [3.05, 3.63) is 180 Å². The summed E-state index contributed by atoms with van der Waals surface area (Å²) in [6.45, 7) is 24.6. The maximum absolute atomic E-state index is 9.11. The van der Waals surface area contributed by atoms with Crippen LogP contribution >= 0.6 is 0 Å². The number of aryl methyl sites for hydroxylation is 1. The van der Waals surface area contributed by atoms with Gasteiger partial charge in [0, 0.05) is 56.5 Å². The van der Waals surface area contributed by atoms with Gasteiger partial charge in [0.15, 0.2) is 0 Å². The highest BCUT2D eigenvalue weighted by molar-refractivity contribution is 6.88. The Morgan fingerprint density at radius 2 is 1.03 bits per heavy atom. The molecule has 0 N–H and O–H groups in total. The molecular weight excluding hydrogens is 759 g/mol. The summed E-state index contributed by atoms with van der Waals surface area (Å²) in [5.41, 5.74) is 7.35. The molecule has 1 aromatic heterocycles. The Kier molecular flexibility index (Phi) is 8.12. The van der Waals surface area contributed by atoms with E-state index in [9.17, 15) is 0 Å². The lowest BCUT2D eigenvalue weighted by Gasteiger charge is -2.40. The third-order valence-corrected chi connectivity index (χ3v) is 14.1. The van der Waals surface area contributed by atoms with E-state index in [1.807, 2.05) is 12.3 Å². The fourth-order valence-corrected chi connectivity index (χ4v) is 9.64. The first-order valence-electron chi connectivity index (χ1n) is 26.1. The molecule has 7 aromatic rings. The number of nitrogens with zero attached hydrogens (tertiary/aromatic N) is 3. The summed E-state index contributed by atoms with van der Waals surface area (Å²) in [4.78, 5) is 5.58. The van der Waals surface area contributed by atoms with Gasteiger partial charge in [0.2, 0.25) is 0 Å². The van der Waals surface area contributed by atoms with Gasteiger partial charge in [-0.15, -0.1) is 0 Å². The minimum Gasteiger partial charge on any atom is -0.466 e. The molecule has 0 aliphatic heterocycles. The highest BCUT2D eigenvalue weighted by Gasteiger charge is 2.43. The van der Waals surface area contributed by atoms with Crippen LogP contribution in [-0.2, 0) is 16.2 Å². The van der Waals surface area contributed by atoms with E-state index in [2.05, 4.69) is 152 Å². The highest BCUT2D eigenvalue weighted by atomic mass is 28.3. The average Bonchev–Trinajstić information content (AvgIpc) is 3.77. The first-order valence-corrected chi connectivity index (χ1v) is 24.6. The van der Waals surface area contributed by atoms with Gasteiger partial charge in [-0.3, -0.25) is 0 Å². The van der Waals surface area contributed by atoms with Gasteiger partial charge in [-0.25, -0.2) is 0 Å². The SMILES string of the molecule is [2H]c1c([2H])c([2H])c(N(c2cccc(N(c3ccc([Si](C)(C)C)cc3)c3cc(C)cc(N(c4ccc(C(C)(C)C)cc4)c4coc5c4C(C)(C)CCC5(C)C)c3)c2)c2c([2H])c([2H])c([2H])c([2H])c2[2H])c([2H])c1[2H]. The van der Waals surface area contributed by atoms with Crippen molar-refractivity contribution in [2.75, 3.05) is 14.7 Å². The maximum atomic E-state index is 9.11. The molecule has 0 fully saturated rings. The lowest BCUT2D eigenvalue weighted by atomic mass is 9.66. The Hall–Kier alpha value is -5.78. The number of anilines is 9. The lowest BCUT2D eigenvalue weighted by molar-refractivity contribution is 0.278. The first kappa shape index (κ1) is 31.1. The molecule has 0 amide bonds. The molecule has 0 saturated heterocycles. The summed E-state index contributed by atoms with van der Waals surface area (Å²) < 4.78 is 94.5. The van der Waals surface area contributed by atoms with Crippen LogP contribution in [0.2, 0.25) is 19.6 Å². The Bertz CT molecular complexity index is 3080. The molecular formula is C56H63N3OSi. The van der Waals surface area contributed by atoms with Crippen molar-refractivity contribution in [1.82, 2.24) is 0 Å². The quantitative estimate of drug-likeness (QED) is 0.128. The van der Waals surface area contributed by atoms with Crippen molar-refractivity contribution >= 4 is 64.4 Å². The van der Waals surface area contributed by atoms with Crippen LogP contribution in [0.4, 0.5) is 51.2 Å². The minimum absolute atomic E-state index is 0.0681. The molecule has 8 rings (SSSR count). The molecule has 0 radical (unpaired) electrons. The molecule has 5 heteroatoms. The topological polar surface area (TPSA) is 22.9 Å². The molecule has 1 aliphatic carbocycles. The van der Waals surface area contributed by atoms with Crippen molar-refractivity contribution in [2.45, 2.75) is 104 Å². The molecule has 0 bridgehead atoms. The first-order chi connectivity index (χ1) is 33.0. The summed E-state index contributed by atoms with van der Waals surface area (Å²) in [5, 5.41) is 1.26. The zero-order valence-corrected chi connectivity index (χ0v) is 38.4. The number of hydrogen-bond donors (Lipinski definition) is 0. The van der Waals surface area contributed by atoms with Crippen LogP contribution in [0.1, 0.15) is 97.5 Å². The molecule has 61 heavy (non-hydrogen) atoms. The zero-order valence-electron chi connectivity index (χ0n) is 47.4. The Labute approximate surface area is 380 Å². The van der Waals surface area contributed by atoms with Crippen LogP contribution in [0.3, 0.4) is 0 Å². The molecule has 1 heterocycles. The van der Waals surface area contributed by atoms with Crippen molar-refractivity contribution in [1.29, 1.82) is 0 Å². The second-order valence-electron chi connectivity index (χ2n) is 19.7. The van der Waals surface area contributed by atoms with E-state index in [-0.39, 0.29) is 33.3 Å². The summed E-state index contributed by atoms with van der Waals surface area (Å²) in [6.07, 6.45) is 3.88. The standard InChI is InChI=1S/C56H63N3OSi/c1-40-35-48(38-49(36-40)59(45-27-25-41(26-28-45)54(2,3)4)51-39-60-53-52(51)55(5,6)33-34-56(53,7)8)58(44-29-31-50(32-30-44)61(9,10)11)47-24-18-23-46(37-47)57(42-19-14-12-15-20-42)43-21-16-13-17-22-43/h12-32,35-39H,33-34H2,1-11H3/i12D,13D,14D,15D,16D,17D,19D,20D,21D,22D. The number of benzene rings is 6. The van der Waals surface area contributed by atoms with Crippen molar-refractivity contribution in [3.63, 3.8) is 0 Å². The van der Waals surface area contributed by atoms with Crippen LogP contribution in [0, 0.1) is 6.92 Å². The molecule has 312 valence electrons. The van der Waals surface area contributed by atoms with Crippen molar-refractivity contribution in [3.8, 4) is 0 Å². The molecule has 0 atom stereocenters. The molecule has 1 aliphatic rings. The predicted octanol–water partition coefficient (Wildman–Crippen LogP) is 16.2. The molecule has 0 unspecified atom stereocenters. The molecule has 4 nitrogen and oxygen atoms in total. The third-order valence-electron chi connectivity index (χ3n) is 12.0. The Morgan fingerprint density at radius 1 is 0.557 bits per heavy atom. The smallest absolute Gasteiger partial charge is 0.115 e. The molecule has 0 saturated carbocycles. The zero-order chi connectivity index (χ0) is 52.0. The second-order valence-corrected chi connectivity index (χ2v) is 24.8. The van der Waals surface area contributed by atoms with Crippen molar-refractivity contribution in [2.24, 2.45) is 0 Å². The number of hydrogen-bond acceptors (Lipinski definition) is 4. The van der Waals surface area contributed by atoms with Crippen molar-refractivity contribution < 1.29 is 18.1 Å². The van der Waals surface area contributed by atoms with Gasteiger partial charge in [-0.1, -0.05) is 140 Å². The Morgan fingerprint density at radius 3 is 1.57 bits per heavy atom. The van der Waals surface area contributed by atoms with Crippen LogP contribution in [0.5, 0.6) is 0 Å². The highest BCUT2D eigenvalue weighted by Crippen LogP contribution is 2.53. The van der Waals surface area contributed by atoms with Crippen LogP contribution in [0.15, 0.2) is 162 Å². The number of para-hydroxylation sites is 2. The monoisotopic (exact) mass is 832 g/mol. The Balaban J connectivity index is 1.41. The van der Waals surface area contributed by atoms with Gasteiger partial charge in [-0.05, 0) is 127 Å². The van der Waals surface area contributed by atoms with E-state index >= 15 is 0 Å². The minimum atomic E-state index is -1.75. The van der Waals surface area contributed by atoms with Gasteiger partial charge in [0.1, 0.15) is 12.0 Å². The van der Waals surface area contributed by atoms with Crippen LogP contribution in [-0.4, -0.2) is 8.07 Å². The van der Waals surface area contributed by atoms with E-state index < -0.39 is 68.5 Å². The van der Waals surface area contributed by atoms with E-state index in [0.29, 0.717) is 5.69 Å². The third kappa shape index (κ3) is 8.46. The van der Waals surface area contributed by atoms with Gasteiger partial charge >= 0.3 is 0 Å². The van der Waals surface area contributed by atoms with E-state index in [1.165, 1.54) is 21.2 Å².